The molecule has 0 radical (unpaired) electrons. The van der Waals surface area contributed by atoms with E-state index in [4.69, 9.17) is 4.74 Å². The van der Waals surface area contributed by atoms with Gasteiger partial charge in [-0.2, -0.15) is 5.10 Å². The lowest BCUT2D eigenvalue weighted by atomic mass is 10.1. The minimum atomic E-state index is -0.310. The highest BCUT2D eigenvalue weighted by atomic mass is 16.5. The zero-order valence-corrected chi connectivity index (χ0v) is 12.6. The summed E-state index contributed by atoms with van der Waals surface area (Å²) >= 11 is 0. The molecule has 1 N–H and O–H groups in total. The van der Waals surface area contributed by atoms with E-state index in [9.17, 15) is 14.7 Å². The van der Waals surface area contributed by atoms with Crippen molar-refractivity contribution in [3.63, 3.8) is 0 Å². The molecule has 1 aliphatic rings. The van der Waals surface area contributed by atoms with Crippen molar-refractivity contribution in [1.82, 2.24) is 14.7 Å². The molecule has 0 bridgehead atoms. The molecule has 116 valence electrons. The molecule has 1 saturated heterocycles. The molecule has 1 aromatic heterocycles. The number of nitrogens with zero attached hydrogens (tertiary/aromatic N) is 3. The Morgan fingerprint density at radius 3 is 2.71 bits per heavy atom. The number of aliphatic hydroxyl groups excluding tert-OH is 1. The summed E-state index contributed by atoms with van der Waals surface area (Å²) in [6.07, 6.45) is 0. The highest BCUT2D eigenvalue weighted by Gasteiger charge is 2.27. The average molecular weight is 295 g/mol. The summed E-state index contributed by atoms with van der Waals surface area (Å²) in [6, 6.07) is -0.310. The number of hydrogen-bond donors (Lipinski definition) is 1. The summed E-state index contributed by atoms with van der Waals surface area (Å²) in [5.41, 5.74) is 1.90. The smallest absolute Gasteiger partial charge is 0.244 e. The van der Waals surface area contributed by atoms with Crippen LogP contribution in [0.15, 0.2) is 0 Å². The summed E-state index contributed by atoms with van der Waals surface area (Å²) in [5.74, 6) is -0.179. The third-order valence-electron chi connectivity index (χ3n) is 3.78. The first-order chi connectivity index (χ1) is 9.95. The number of morpholine rings is 1. The number of rotatable bonds is 4. The molecule has 7 heteroatoms. The van der Waals surface area contributed by atoms with Crippen molar-refractivity contribution in [2.45, 2.75) is 33.4 Å². The first-order valence-electron chi connectivity index (χ1n) is 6.98. The molecule has 21 heavy (non-hydrogen) atoms. The molecule has 7 nitrogen and oxygen atoms in total. The third-order valence-corrected chi connectivity index (χ3v) is 3.78. The maximum Gasteiger partial charge on any atom is 0.244 e. The van der Waals surface area contributed by atoms with Gasteiger partial charge in [0.25, 0.3) is 0 Å². The predicted octanol–water partition coefficient (Wildman–Crippen LogP) is -0.0778. The molecule has 0 spiro atoms. The van der Waals surface area contributed by atoms with Crippen molar-refractivity contribution in [3.8, 4) is 0 Å². The van der Waals surface area contributed by atoms with E-state index in [1.165, 1.54) is 6.92 Å². The normalized spacial score (nSPS) is 18.9. The van der Waals surface area contributed by atoms with Gasteiger partial charge in [0.05, 0.1) is 37.1 Å². The van der Waals surface area contributed by atoms with Crippen LogP contribution in [0.2, 0.25) is 0 Å². The SMILES string of the molecule is CC(=O)c1c(C)nn(CC(=O)N2CCOC[C@H]2CO)c1C. The second kappa shape index (κ2) is 6.36. The van der Waals surface area contributed by atoms with Gasteiger partial charge in [0, 0.05) is 12.2 Å². The molecule has 0 aliphatic carbocycles. The Balaban J connectivity index is 2.16. The van der Waals surface area contributed by atoms with Crippen LogP contribution >= 0.6 is 0 Å². The van der Waals surface area contributed by atoms with Gasteiger partial charge in [0.15, 0.2) is 5.78 Å². The lowest BCUT2D eigenvalue weighted by Gasteiger charge is -2.34. The lowest BCUT2D eigenvalue weighted by Crippen LogP contribution is -2.51. The van der Waals surface area contributed by atoms with Crippen molar-refractivity contribution in [1.29, 1.82) is 0 Å². The Morgan fingerprint density at radius 1 is 1.43 bits per heavy atom. The van der Waals surface area contributed by atoms with Crippen molar-refractivity contribution in [2.75, 3.05) is 26.4 Å². The van der Waals surface area contributed by atoms with Crippen LogP contribution in [0.4, 0.5) is 0 Å². The second-order valence-corrected chi connectivity index (χ2v) is 5.26. The van der Waals surface area contributed by atoms with Gasteiger partial charge in [0.2, 0.25) is 5.91 Å². The molecular weight excluding hydrogens is 274 g/mol. The molecule has 0 saturated carbocycles. The molecule has 0 unspecified atom stereocenters. The van der Waals surface area contributed by atoms with Gasteiger partial charge in [-0.05, 0) is 20.8 Å². The van der Waals surface area contributed by atoms with Crippen molar-refractivity contribution >= 4 is 11.7 Å². The molecule has 1 aromatic rings. The Labute approximate surface area is 123 Å². The number of amides is 1. The maximum absolute atomic E-state index is 12.4. The van der Waals surface area contributed by atoms with Gasteiger partial charge in [0.1, 0.15) is 6.54 Å². The zero-order chi connectivity index (χ0) is 15.6. The van der Waals surface area contributed by atoms with Gasteiger partial charge in [-0.3, -0.25) is 14.3 Å². The Hall–Kier alpha value is -1.73. The summed E-state index contributed by atoms with van der Waals surface area (Å²) < 4.78 is 6.81. The van der Waals surface area contributed by atoms with Crippen LogP contribution in [0.1, 0.15) is 28.7 Å². The summed E-state index contributed by atoms with van der Waals surface area (Å²) in [4.78, 5) is 25.6. The fourth-order valence-corrected chi connectivity index (χ4v) is 2.71. The van der Waals surface area contributed by atoms with Crippen LogP contribution in [-0.2, 0) is 16.1 Å². The predicted molar refractivity (Wildman–Crippen MR) is 75.1 cm³/mol. The molecule has 1 fully saturated rings. The molecule has 1 atom stereocenters. The minimum absolute atomic E-state index is 0.0525. The van der Waals surface area contributed by atoms with Crippen molar-refractivity contribution < 1.29 is 19.4 Å². The fourth-order valence-electron chi connectivity index (χ4n) is 2.71. The molecule has 0 aromatic carbocycles. The number of Topliss-reactive ketones (excluding diaryl/α,β-unsaturated/α-hetero) is 1. The van der Waals surface area contributed by atoms with E-state index >= 15 is 0 Å². The highest BCUT2D eigenvalue weighted by molar-refractivity contribution is 5.96. The lowest BCUT2D eigenvalue weighted by molar-refractivity contribution is -0.142. The molecule has 1 aliphatic heterocycles. The van der Waals surface area contributed by atoms with E-state index in [-0.39, 0.29) is 30.9 Å². The first kappa shape index (κ1) is 15.7. The number of ketones is 1. The van der Waals surface area contributed by atoms with Crippen LogP contribution in [0, 0.1) is 13.8 Å². The number of carbonyl (C=O) groups excluding carboxylic acids is 2. The number of aliphatic hydroxyl groups is 1. The van der Waals surface area contributed by atoms with Crippen LogP contribution in [0.25, 0.3) is 0 Å². The Kier molecular flexibility index (Phi) is 4.74. The van der Waals surface area contributed by atoms with Crippen LogP contribution in [0.5, 0.6) is 0 Å². The summed E-state index contributed by atoms with van der Waals surface area (Å²) in [5, 5.41) is 13.6. The maximum atomic E-state index is 12.4. The van der Waals surface area contributed by atoms with Gasteiger partial charge in [-0.25, -0.2) is 0 Å². The largest absolute Gasteiger partial charge is 0.394 e. The summed E-state index contributed by atoms with van der Waals surface area (Å²) in [6.45, 7) is 6.26. The number of aromatic nitrogens is 2. The van der Waals surface area contributed by atoms with Gasteiger partial charge in [-0.1, -0.05) is 0 Å². The Morgan fingerprint density at radius 2 is 2.14 bits per heavy atom. The van der Waals surface area contributed by atoms with Crippen LogP contribution in [-0.4, -0.2) is 63.9 Å². The van der Waals surface area contributed by atoms with E-state index in [0.717, 1.165) is 0 Å². The molecule has 2 rings (SSSR count). The number of ether oxygens (including phenoxy) is 1. The minimum Gasteiger partial charge on any atom is -0.394 e. The topological polar surface area (TPSA) is 84.7 Å². The van der Waals surface area contributed by atoms with E-state index in [0.29, 0.717) is 36.7 Å². The zero-order valence-electron chi connectivity index (χ0n) is 12.6. The van der Waals surface area contributed by atoms with Crippen LogP contribution in [0.3, 0.4) is 0 Å². The fraction of sp³-hybridized carbons (Fsp3) is 0.643. The first-order valence-corrected chi connectivity index (χ1v) is 6.98. The van der Waals surface area contributed by atoms with Gasteiger partial charge >= 0.3 is 0 Å². The number of carbonyl (C=O) groups is 2. The van der Waals surface area contributed by atoms with Crippen LogP contribution < -0.4 is 0 Å². The van der Waals surface area contributed by atoms with Gasteiger partial charge < -0.3 is 14.7 Å². The summed E-state index contributed by atoms with van der Waals surface area (Å²) in [7, 11) is 0. The third kappa shape index (κ3) is 3.14. The van der Waals surface area contributed by atoms with E-state index in [2.05, 4.69) is 5.10 Å². The van der Waals surface area contributed by atoms with E-state index in [1.807, 2.05) is 0 Å². The second-order valence-electron chi connectivity index (χ2n) is 5.26. The van der Waals surface area contributed by atoms with Crippen molar-refractivity contribution in [2.24, 2.45) is 0 Å². The molecular formula is C14H21N3O4. The average Bonchev–Trinajstić information content (AvgIpc) is 2.73. The standard InChI is InChI=1S/C14H21N3O4/c1-9-14(11(3)19)10(2)17(15-9)6-13(20)16-4-5-21-8-12(16)7-18/h12,18H,4-8H2,1-3H3/t12-/m1/s1. The van der Waals surface area contributed by atoms with E-state index < -0.39 is 0 Å². The van der Waals surface area contributed by atoms with E-state index in [1.54, 1.807) is 23.4 Å². The number of aryl methyl sites for hydroxylation is 1. The monoisotopic (exact) mass is 295 g/mol. The molecule has 2 heterocycles. The molecule has 1 amide bonds. The highest BCUT2D eigenvalue weighted by Crippen LogP contribution is 2.15. The number of hydrogen-bond acceptors (Lipinski definition) is 5. The van der Waals surface area contributed by atoms with Gasteiger partial charge in [-0.15, -0.1) is 0 Å². The quantitative estimate of drug-likeness (QED) is 0.786. The van der Waals surface area contributed by atoms with Crippen molar-refractivity contribution in [3.05, 3.63) is 17.0 Å². The Bertz CT molecular complexity index is 553.